The van der Waals surface area contributed by atoms with Gasteiger partial charge in [-0.1, -0.05) is 31.2 Å². The van der Waals surface area contributed by atoms with E-state index in [-0.39, 0.29) is 0 Å². The number of likely N-dealkylation sites (tertiary alicyclic amines) is 1. The number of hydrogen-bond acceptors (Lipinski definition) is 3. The van der Waals surface area contributed by atoms with E-state index in [1.54, 1.807) is 6.08 Å². The van der Waals surface area contributed by atoms with Gasteiger partial charge in [0.05, 0.1) is 11.4 Å². The number of nitrogens with one attached hydrogen (secondary N) is 1. The van der Waals surface area contributed by atoms with Gasteiger partial charge >= 0.3 is 0 Å². The van der Waals surface area contributed by atoms with Crippen LogP contribution in [0.15, 0.2) is 43.1 Å². The Morgan fingerprint density at radius 2 is 2.25 bits per heavy atom. The first kappa shape index (κ1) is 17.2. The second-order valence-corrected chi connectivity index (χ2v) is 6.81. The van der Waals surface area contributed by atoms with Crippen molar-refractivity contribution in [1.82, 2.24) is 20.0 Å². The fourth-order valence-corrected chi connectivity index (χ4v) is 3.71. The Hall–Kier alpha value is -1.65. The van der Waals surface area contributed by atoms with Crippen LogP contribution in [0.1, 0.15) is 44.7 Å². The van der Waals surface area contributed by atoms with E-state index in [0.717, 1.165) is 36.6 Å². The van der Waals surface area contributed by atoms with Crippen molar-refractivity contribution >= 4 is 5.70 Å². The minimum atomic E-state index is 0.721. The first-order valence-corrected chi connectivity index (χ1v) is 9.28. The van der Waals surface area contributed by atoms with Crippen LogP contribution < -0.4 is 5.32 Å². The fourth-order valence-electron chi connectivity index (χ4n) is 3.71. The summed E-state index contributed by atoms with van der Waals surface area (Å²) in [6, 6.07) is 3.68. The lowest BCUT2D eigenvalue weighted by atomic mass is 9.91. The minimum Gasteiger partial charge on any atom is -0.310 e. The van der Waals surface area contributed by atoms with Crippen molar-refractivity contribution < 1.29 is 0 Å². The van der Waals surface area contributed by atoms with Gasteiger partial charge in [-0.05, 0) is 51.3 Å². The third-order valence-electron chi connectivity index (χ3n) is 5.26. The summed E-state index contributed by atoms with van der Waals surface area (Å²) in [5.74, 6) is 0. The highest BCUT2D eigenvalue weighted by molar-refractivity contribution is 5.56. The Kier molecular flexibility index (Phi) is 6.05. The number of rotatable bonds is 8. The molecular weight excluding hydrogens is 296 g/mol. The molecule has 4 heteroatoms. The Balaban J connectivity index is 1.48. The van der Waals surface area contributed by atoms with Crippen molar-refractivity contribution in [2.75, 3.05) is 13.1 Å². The molecule has 130 valence electrons. The molecule has 1 aliphatic heterocycles. The number of nitrogens with zero attached hydrogens (tertiary/aromatic N) is 3. The molecule has 1 saturated carbocycles. The zero-order valence-electron chi connectivity index (χ0n) is 14.8. The zero-order chi connectivity index (χ0) is 16.8. The van der Waals surface area contributed by atoms with Gasteiger partial charge < -0.3 is 5.32 Å². The Morgan fingerprint density at radius 3 is 2.96 bits per heavy atom. The van der Waals surface area contributed by atoms with E-state index < -0.39 is 0 Å². The molecule has 4 nitrogen and oxygen atoms in total. The van der Waals surface area contributed by atoms with Crippen molar-refractivity contribution in [2.24, 2.45) is 0 Å². The molecule has 1 N–H and O–H groups in total. The molecule has 3 rings (SSSR count). The monoisotopic (exact) mass is 326 g/mol. The van der Waals surface area contributed by atoms with Crippen molar-refractivity contribution in [2.45, 2.75) is 57.7 Å². The van der Waals surface area contributed by atoms with Crippen LogP contribution in [0.3, 0.4) is 0 Å². The van der Waals surface area contributed by atoms with Crippen LogP contribution >= 0.6 is 0 Å². The van der Waals surface area contributed by atoms with E-state index in [1.165, 1.54) is 38.6 Å². The first-order chi connectivity index (χ1) is 11.8. The SMILES string of the molecule is C=CC=CC(=CC)n1ccc(CNCC2CCCN2C2CCC2)n1. The maximum Gasteiger partial charge on any atom is 0.0766 e. The average Bonchev–Trinajstić information content (AvgIpc) is 3.17. The van der Waals surface area contributed by atoms with Crippen LogP contribution in [0.25, 0.3) is 5.70 Å². The second kappa shape index (κ2) is 8.45. The van der Waals surface area contributed by atoms with Crippen LogP contribution in [0.2, 0.25) is 0 Å². The molecule has 1 saturated heterocycles. The van der Waals surface area contributed by atoms with Gasteiger partial charge in [-0.2, -0.15) is 5.10 Å². The molecule has 1 aliphatic carbocycles. The van der Waals surface area contributed by atoms with E-state index in [2.05, 4.69) is 34.0 Å². The summed E-state index contributed by atoms with van der Waals surface area (Å²) in [5.41, 5.74) is 2.16. The lowest BCUT2D eigenvalue weighted by molar-refractivity contribution is 0.113. The minimum absolute atomic E-state index is 0.721. The van der Waals surface area contributed by atoms with E-state index in [9.17, 15) is 0 Å². The molecule has 0 amide bonds. The molecule has 1 aromatic heterocycles. The lowest BCUT2D eigenvalue weighted by Crippen LogP contribution is -2.46. The van der Waals surface area contributed by atoms with Gasteiger partial charge in [0.2, 0.25) is 0 Å². The van der Waals surface area contributed by atoms with Crippen LogP contribution in [0, 0.1) is 0 Å². The Labute approximate surface area is 145 Å². The van der Waals surface area contributed by atoms with Gasteiger partial charge in [0, 0.05) is 31.4 Å². The quantitative estimate of drug-likeness (QED) is 0.741. The van der Waals surface area contributed by atoms with Crippen LogP contribution in [-0.2, 0) is 6.54 Å². The molecule has 0 bridgehead atoms. The summed E-state index contributed by atoms with van der Waals surface area (Å²) in [4.78, 5) is 2.74. The Bertz CT molecular complexity index is 595. The van der Waals surface area contributed by atoms with Gasteiger partial charge in [-0.25, -0.2) is 4.68 Å². The molecule has 2 heterocycles. The summed E-state index contributed by atoms with van der Waals surface area (Å²) >= 11 is 0. The third-order valence-corrected chi connectivity index (χ3v) is 5.26. The number of aromatic nitrogens is 2. The third kappa shape index (κ3) is 4.05. The molecule has 1 atom stereocenters. The summed E-state index contributed by atoms with van der Waals surface area (Å²) in [7, 11) is 0. The zero-order valence-corrected chi connectivity index (χ0v) is 14.8. The maximum atomic E-state index is 4.67. The van der Waals surface area contributed by atoms with Gasteiger partial charge in [0.25, 0.3) is 0 Å². The largest absolute Gasteiger partial charge is 0.310 e. The van der Waals surface area contributed by atoms with Crippen LogP contribution in [-0.4, -0.2) is 39.9 Å². The summed E-state index contributed by atoms with van der Waals surface area (Å²) < 4.78 is 1.92. The molecule has 0 spiro atoms. The maximum absolute atomic E-state index is 4.67. The summed E-state index contributed by atoms with van der Waals surface area (Å²) in [6.07, 6.45) is 16.8. The summed E-state index contributed by atoms with van der Waals surface area (Å²) in [5, 5.41) is 8.29. The smallest absolute Gasteiger partial charge is 0.0766 e. The van der Waals surface area contributed by atoms with E-state index in [0.29, 0.717) is 0 Å². The van der Waals surface area contributed by atoms with Crippen LogP contribution in [0.5, 0.6) is 0 Å². The normalized spacial score (nSPS) is 23.0. The van der Waals surface area contributed by atoms with Gasteiger partial charge in [-0.3, -0.25) is 4.90 Å². The molecule has 0 aromatic carbocycles. The van der Waals surface area contributed by atoms with Crippen molar-refractivity contribution in [3.63, 3.8) is 0 Å². The van der Waals surface area contributed by atoms with Crippen molar-refractivity contribution in [3.05, 3.63) is 48.8 Å². The average molecular weight is 326 g/mol. The standard InChI is InChI=1S/C20H30N4/c1-3-5-8-18(4-2)24-14-12-17(22-24)15-21-16-20-11-7-13-23(20)19-9-6-10-19/h3-5,8,12,14,19-21H,1,6-7,9-11,13,15-16H2,2H3. The fraction of sp³-hybridized carbons (Fsp3) is 0.550. The summed E-state index contributed by atoms with van der Waals surface area (Å²) in [6.45, 7) is 8.95. The van der Waals surface area contributed by atoms with Gasteiger partial charge in [0.1, 0.15) is 0 Å². The topological polar surface area (TPSA) is 33.1 Å². The van der Waals surface area contributed by atoms with E-state index >= 15 is 0 Å². The van der Waals surface area contributed by atoms with E-state index in [1.807, 2.05) is 30.0 Å². The highest BCUT2D eigenvalue weighted by atomic mass is 15.3. The Morgan fingerprint density at radius 1 is 1.38 bits per heavy atom. The molecule has 2 fully saturated rings. The number of hydrogen-bond donors (Lipinski definition) is 1. The van der Waals surface area contributed by atoms with Crippen molar-refractivity contribution in [1.29, 1.82) is 0 Å². The first-order valence-electron chi connectivity index (χ1n) is 9.28. The van der Waals surface area contributed by atoms with Crippen molar-refractivity contribution in [3.8, 4) is 0 Å². The highest BCUT2D eigenvalue weighted by Gasteiger charge is 2.33. The van der Waals surface area contributed by atoms with Gasteiger partial charge in [0.15, 0.2) is 0 Å². The molecule has 1 unspecified atom stereocenters. The second-order valence-electron chi connectivity index (χ2n) is 6.81. The molecule has 1 aromatic rings. The predicted octanol–water partition coefficient (Wildman–Crippen LogP) is 3.59. The van der Waals surface area contributed by atoms with E-state index in [4.69, 9.17) is 0 Å². The lowest BCUT2D eigenvalue weighted by Gasteiger charge is -2.38. The molecule has 0 radical (unpaired) electrons. The molecule has 2 aliphatic rings. The highest BCUT2D eigenvalue weighted by Crippen LogP contribution is 2.30. The van der Waals surface area contributed by atoms with Crippen LogP contribution in [0.4, 0.5) is 0 Å². The molecule has 24 heavy (non-hydrogen) atoms. The number of allylic oxidation sites excluding steroid dienone is 5. The van der Waals surface area contributed by atoms with Gasteiger partial charge in [-0.15, -0.1) is 0 Å². The predicted molar refractivity (Wildman–Crippen MR) is 101 cm³/mol. The molecular formula is C20H30N4.